The predicted molar refractivity (Wildman–Crippen MR) is 104 cm³/mol. The van der Waals surface area contributed by atoms with Crippen LogP contribution < -0.4 is 11.5 Å². The second-order valence-corrected chi connectivity index (χ2v) is 6.86. The highest BCUT2D eigenvalue weighted by atomic mass is 19.1. The molecular formula is C21H24F4N2O3. The van der Waals surface area contributed by atoms with Crippen molar-refractivity contribution in [3.05, 3.63) is 69.8 Å². The molecule has 0 aliphatic heterocycles. The van der Waals surface area contributed by atoms with Gasteiger partial charge in [0.1, 0.15) is 35.1 Å². The Balaban J connectivity index is 0.000000300. The van der Waals surface area contributed by atoms with Gasteiger partial charge in [0.2, 0.25) is 0 Å². The number of aliphatic carboxylic acids is 1. The molecule has 0 bridgehead atoms. The Kier molecular flexibility index (Phi) is 9.13. The first-order valence-corrected chi connectivity index (χ1v) is 8.98. The number of nitrogens with two attached hydrogens (primary N) is 2. The maximum Gasteiger partial charge on any atom is 0.320 e. The summed E-state index contributed by atoms with van der Waals surface area (Å²) in [6, 6.07) is 2.90. The number of rotatable bonds is 6. The molecule has 0 fully saturated rings. The molecule has 164 valence electrons. The Labute approximate surface area is 171 Å². The van der Waals surface area contributed by atoms with Crippen molar-refractivity contribution in [1.82, 2.24) is 0 Å². The minimum Gasteiger partial charge on any atom is -0.480 e. The van der Waals surface area contributed by atoms with Gasteiger partial charge >= 0.3 is 5.97 Å². The van der Waals surface area contributed by atoms with Crippen LogP contribution in [0.15, 0.2) is 24.3 Å². The molecule has 0 saturated heterocycles. The van der Waals surface area contributed by atoms with Gasteiger partial charge in [-0.1, -0.05) is 12.1 Å². The van der Waals surface area contributed by atoms with Crippen LogP contribution in [0, 0.1) is 37.1 Å². The van der Waals surface area contributed by atoms with Crippen LogP contribution in [0.4, 0.5) is 17.6 Å². The van der Waals surface area contributed by atoms with Crippen molar-refractivity contribution in [2.24, 2.45) is 11.5 Å². The minimum atomic E-state index is -1.21. The molecule has 0 aromatic heterocycles. The van der Waals surface area contributed by atoms with Crippen LogP contribution in [0.1, 0.15) is 29.2 Å². The van der Waals surface area contributed by atoms with E-state index in [1.165, 1.54) is 39.0 Å². The summed E-state index contributed by atoms with van der Waals surface area (Å²) < 4.78 is 52.7. The van der Waals surface area contributed by atoms with Crippen LogP contribution in [0.3, 0.4) is 0 Å². The maximum absolute atomic E-state index is 13.5. The topological polar surface area (TPSA) is 106 Å². The fraction of sp³-hybridized carbons (Fsp3) is 0.333. The third-order valence-electron chi connectivity index (χ3n) is 4.52. The van der Waals surface area contributed by atoms with E-state index in [1.807, 2.05) is 0 Å². The molecule has 2 rings (SSSR count). The molecule has 0 aliphatic carbocycles. The van der Waals surface area contributed by atoms with E-state index in [0.29, 0.717) is 0 Å². The zero-order valence-electron chi connectivity index (χ0n) is 16.8. The molecule has 0 heterocycles. The number of carbonyl (C=O) groups excluding carboxylic acids is 1. The molecule has 0 radical (unpaired) electrons. The lowest BCUT2D eigenvalue weighted by molar-refractivity contribution is -0.138. The first-order valence-electron chi connectivity index (χ1n) is 8.98. The number of carbonyl (C=O) groups is 2. The number of benzene rings is 2. The first kappa shape index (κ1) is 25.3. The fourth-order valence-corrected chi connectivity index (χ4v) is 2.46. The molecular weight excluding hydrogens is 404 g/mol. The number of carboxylic acid groups (broad SMARTS) is 1. The second kappa shape index (κ2) is 10.8. The van der Waals surface area contributed by atoms with Crippen molar-refractivity contribution in [1.29, 1.82) is 0 Å². The average Bonchev–Trinajstić information content (AvgIpc) is 2.69. The third-order valence-corrected chi connectivity index (χ3v) is 4.52. The Morgan fingerprint density at radius 3 is 1.53 bits per heavy atom. The highest BCUT2D eigenvalue weighted by molar-refractivity contribution is 5.81. The lowest BCUT2D eigenvalue weighted by atomic mass is 10.0. The van der Waals surface area contributed by atoms with Crippen LogP contribution in [0.5, 0.6) is 0 Å². The summed E-state index contributed by atoms with van der Waals surface area (Å²) in [4.78, 5) is 21.3. The van der Waals surface area contributed by atoms with Gasteiger partial charge in [0.15, 0.2) is 0 Å². The lowest BCUT2D eigenvalue weighted by Crippen LogP contribution is -2.32. The molecule has 30 heavy (non-hydrogen) atoms. The number of halogens is 4. The van der Waals surface area contributed by atoms with Crippen molar-refractivity contribution in [3.63, 3.8) is 0 Å². The molecule has 2 aromatic rings. The Hall–Kier alpha value is -2.78. The number of hydrogen-bond acceptors (Lipinski definition) is 4. The number of carboxylic acids is 1. The van der Waals surface area contributed by atoms with Gasteiger partial charge in [-0.25, -0.2) is 17.6 Å². The Morgan fingerprint density at radius 1 is 0.833 bits per heavy atom. The molecule has 2 aromatic carbocycles. The Bertz CT molecular complexity index is 859. The maximum atomic E-state index is 13.5. The van der Waals surface area contributed by atoms with Gasteiger partial charge in [-0.05, 0) is 50.5 Å². The predicted octanol–water partition coefficient (Wildman–Crippen LogP) is 2.96. The number of Topliss-reactive ketones (excluding diaryl/α,β-unsaturated/α-hetero) is 1. The van der Waals surface area contributed by atoms with E-state index in [2.05, 4.69) is 0 Å². The molecule has 2 atom stereocenters. The van der Waals surface area contributed by atoms with Gasteiger partial charge < -0.3 is 16.6 Å². The first-order chi connectivity index (χ1) is 13.9. The van der Waals surface area contributed by atoms with Gasteiger partial charge in [-0.15, -0.1) is 0 Å². The van der Waals surface area contributed by atoms with E-state index < -0.39 is 41.3 Å². The largest absolute Gasteiger partial charge is 0.480 e. The van der Waals surface area contributed by atoms with Gasteiger partial charge in [-0.2, -0.15) is 0 Å². The third kappa shape index (κ3) is 6.64. The van der Waals surface area contributed by atoms with Gasteiger partial charge in [0.05, 0.1) is 6.04 Å². The summed E-state index contributed by atoms with van der Waals surface area (Å²) >= 11 is 0. The van der Waals surface area contributed by atoms with E-state index in [-0.39, 0.29) is 40.9 Å². The Morgan fingerprint density at radius 2 is 1.20 bits per heavy atom. The van der Waals surface area contributed by atoms with Gasteiger partial charge in [0.25, 0.3) is 0 Å². The van der Waals surface area contributed by atoms with Gasteiger partial charge in [0, 0.05) is 17.5 Å². The van der Waals surface area contributed by atoms with E-state index in [9.17, 15) is 27.2 Å². The van der Waals surface area contributed by atoms with E-state index >= 15 is 0 Å². The van der Waals surface area contributed by atoms with Gasteiger partial charge in [-0.3, -0.25) is 9.59 Å². The van der Waals surface area contributed by atoms with Crippen molar-refractivity contribution < 1.29 is 32.3 Å². The highest BCUT2D eigenvalue weighted by Crippen LogP contribution is 2.18. The summed E-state index contributed by atoms with van der Waals surface area (Å²) in [6.07, 6.45) is -0.0510. The average molecular weight is 428 g/mol. The fourth-order valence-electron chi connectivity index (χ4n) is 2.46. The van der Waals surface area contributed by atoms with Crippen LogP contribution in [-0.2, 0) is 22.4 Å². The second-order valence-electron chi connectivity index (χ2n) is 6.86. The lowest BCUT2D eigenvalue weighted by Gasteiger charge is -2.10. The highest BCUT2D eigenvalue weighted by Gasteiger charge is 2.17. The van der Waals surface area contributed by atoms with Crippen LogP contribution in [0.25, 0.3) is 0 Å². The smallest absolute Gasteiger partial charge is 0.320 e. The van der Waals surface area contributed by atoms with E-state index in [1.54, 1.807) is 0 Å². The molecule has 0 unspecified atom stereocenters. The van der Waals surface area contributed by atoms with Crippen molar-refractivity contribution >= 4 is 11.8 Å². The molecule has 5 N–H and O–H groups in total. The SMILES string of the molecule is CC(=O)[C@@H](N)Cc1ccc(F)c(C)c1F.Cc1c(F)ccc(C[C@H](N)C(=O)O)c1F. The summed E-state index contributed by atoms with van der Waals surface area (Å²) in [5.41, 5.74) is 11.0. The summed E-state index contributed by atoms with van der Waals surface area (Å²) in [6.45, 7) is 3.99. The van der Waals surface area contributed by atoms with E-state index in [4.69, 9.17) is 16.6 Å². The van der Waals surface area contributed by atoms with Crippen molar-refractivity contribution in [2.45, 2.75) is 45.7 Å². The quantitative estimate of drug-likeness (QED) is 0.614. The normalized spacial score (nSPS) is 12.6. The van der Waals surface area contributed by atoms with Crippen LogP contribution >= 0.6 is 0 Å². The number of ketones is 1. The summed E-state index contributed by atoms with van der Waals surface area (Å²) in [7, 11) is 0. The molecule has 0 saturated carbocycles. The molecule has 0 aliphatic rings. The monoisotopic (exact) mass is 428 g/mol. The number of hydrogen-bond donors (Lipinski definition) is 3. The van der Waals surface area contributed by atoms with Crippen LogP contribution in [-0.4, -0.2) is 28.9 Å². The van der Waals surface area contributed by atoms with E-state index in [0.717, 1.165) is 6.07 Å². The molecule has 0 amide bonds. The molecule has 9 heteroatoms. The standard InChI is InChI=1S/C11H13F2NO.C10H11F2NO2/c1-6-9(12)4-3-8(11(6)13)5-10(14)7(2)15;1-5-7(11)3-2-6(9(5)12)4-8(13)10(14)15/h3-4,10H,5,14H2,1-2H3;2-3,8H,4,13H2,1H3,(H,14,15)/t10-;8-/m00/s1. The zero-order chi connectivity index (χ0) is 23.2. The minimum absolute atomic E-state index is 0.0387. The zero-order valence-corrected chi connectivity index (χ0v) is 16.8. The summed E-state index contributed by atoms with van der Waals surface area (Å²) in [5, 5.41) is 8.54. The van der Waals surface area contributed by atoms with Crippen molar-refractivity contribution in [2.75, 3.05) is 0 Å². The van der Waals surface area contributed by atoms with Crippen molar-refractivity contribution in [3.8, 4) is 0 Å². The summed E-state index contributed by atoms with van der Waals surface area (Å²) in [5.74, 6) is -4.01. The molecule has 0 spiro atoms. The molecule has 5 nitrogen and oxygen atoms in total. The van der Waals surface area contributed by atoms with Crippen LogP contribution in [0.2, 0.25) is 0 Å².